The van der Waals surface area contributed by atoms with E-state index < -0.39 is 0 Å². The van der Waals surface area contributed by atoms with Crippen molar-refractivity contribution in [3.8, 4) is 11.1 Å². The van der Waals surface area contributed by atoms with E-state index in [4.69, 9.17) is 5.73 Å². The quantitative estimate of drug-likeness (QED) is 0.806. The SMILES string of the molecule is Cc1c(-c2ccccc2)c(CN)nn1C. The highest BCUT2D eigenvalue weighted by Crippen LogP contribution is 2.26. The maximum atomic E-state index is 5.69. The van der Waals surface area contributed by atoms with Gasteiger partial charge in [-0.1, -0.05) is 30.3 Å². The number of hydrogen-bond acceptors (Lipinski definition) is 2. The van der Waals surface area contributed by atoms with E-state index in [1.54, 1.807) is 0 Å². The van der Waals surface area contributed by atoms with Crippen LogP contribution >= 0.6 is 0 Å². The minimum atomic E-state index is 0.478. The topological polar surface area (TPSA) is 43.8 Å². The molecular formula is C12H15N3. The van der Waals surface area contributed by atoms with Crippen molar-refractivity contribution in [1.82, 2.24) is 9.78 Å². The first-order valence-corrected chi connectivity index (χ1v) is 5.02. The van der Waals surface area contributed by atoms with E-state index in [0.717, 1.165) is 11.4 Å². The zero-order valence-electron chi connectivity index (χ0n) is 9.07. The van der Waals surface area contributed by atoms with E-state index in [-0.39, 0.29) is 0 Å². The zero-order chi connectivity index (χ0) is 10.8. The van der Waals surface area contributed by atoms with Crippen LogP contribution in [0.4, 0.5) is 0 Å². The first-order valence-electron chi connectivity index (χ1n) is 5.02. The zero-order valence-corrected chi connectivity index (χ0v) is 9.07. The minimum absolute atomic E-state index is 0.478. The lowest BCUT2D eigenvalue weighted by molar-refractivity contribution is 0.721. The summed E-state index contributed by atoms with van der Waals surface area (Å²) in [7, 11) is 1.95. The Morgan fingerprint density at radius 2 is 1.93 bits per heavy atom. The number of nitrogens with zero attached hydrogens (tertiary/aromatic N) is 2. The van der Waals surface area contributed by atoms with Crippen molar-refractivity contribution in [3.05, 3.63) is 41.7 Å². The summed E-state index contributed by atoms with van der Waals surface area (Å²) in [6.07, 6.45) is 0. The molecule has 2 N–H and O–H groups in total. The normalized spacial score (nSPS) is 10.6. The van der Waals surface area contributed by atoms with Gasteiger partial charge >= 0.3 is 0 Å². The number of nitrogens with two attached hydrogens (primary N) is 1. The van der Waals surface area contributed by atoms with E-state index in [0.29, 0.717) is 6.54 Å². The summed E-state index contributed by atoms with van der Waals surface area (Å²) < 4.78 is 1.88. The highest BCUT2D eigenvalue weighted by atomic mass is 15.3. The number of hydrogen-bond donors (Lipinski definition) is 1. The third-order valence-corrected chi connectivity index (χ3v) is 2.66. The fraction of sp³-hybridized carbons (Fsp3) is 0.250. The smallest absolute Gasteiger partial charge is 0.0841 e. The third-order valence-electron chi connectivity index (χ3n) is 2.66. The molecule has 2 rings (SSSR count). The minimum Gasteiger partial charge on any atom is -0.325 e. The van der Waals surface area contributed by atoms with E-state index in [1.165, 1.54) is 11.1 Å². The van der Waals surface area contributed by atoms with Crippen LogP contribution in [-0.2, 0) is 13.6 Å². The van der Waals surface area contributed by atoms with Gasteiger partial charge in [-0.2, -0.15) is 5.10 Å². The predicted octanol–water partition coefficient (Wildman–Crippen LogP) is 1.85. The van der Waals surface area contributed by atoms with Crippen LogP contribution in [0, 0.1) is 6.92 Å². The van der Waals surface area contributed by atoms with Gasteiger partial charge in [0.2, 0.25) is 0 Å². The summed E-state index contributed by atoms with van der Waals surface area (Å²) in [6.45, 7) is 2.54. The highest BCUT2D eigenvalue weighted by molar-refractivity contribution is 5.68. The number of aromatic nitrogens is 2. The van der Waals surface area contributed by atoms with Crippen molar-refractivity contribution >= 4 is 0 Å². The van der Waals surface area contributed by atoms with Gasteiger partial charge in [-0.25, -0.2) is 0 Å². The Kier molecular flexibility index (Phi) is 2.56. The van der Waals surface area contributed by atoms with Gasteiger partial charge in [0.15, 0.2) is 0 Å². The molecule has 15 heavy (non-hydrogen) atoms. The summed E-state index contributed by atoms with van der Waals surface area (Å²) >= 11 is 0. The molecule has 0 fully saturated rings. The Labute approximate surface area is 89.5 Å². The fourth-order valence-corrected chi connectivity index (χ4v) is 1.80. The molecule has 0 atom stereocenters. The molecule has 1 heterocycles. The Bertz CT molecular complexity index is 457. The molecule has 1 aromatic heterocycles. The second-order valence-corrected chi connectivity index (χ2v) is 3.60. The van der Waals surface area contributed by atoms with Gasteiger partial charge in [0, 0.05) is 24.8 Å². The van der Waals surface area contributed by atoms with Gasteiger partial charge in [-0.05, 0) is 12.5 Å². The van der Waals surface area contributed by atoms with Crippen LogP contribution in [0.2, 0.25) is 0 Å². The Hall–Kier alpha value is -1.61. The Morgan fingerprint density at radius 1 is 1.27 bits per heavy atom. The molecule has 0 aliphatic heterocycles. The summed E-state index contributed by atoms with van der Waals surface area (Å²) in [5.74, 6) is 0. The average Bonchev–Trinajstić information content (AvgIpc) is 2.56. The van der Waals surface area contributed by atoms with E-state index in [2.05, 4.69) is 24.2 Å². The lowest BCUT2D eigenvalue weighted by Gasteiger charge is -2.02. The maximum absolute atomic E-state index is 5.69. The van der Waals surface area contributed by atoms with Crippen LogP contribution in [0.15, 0.2) is 30.3 Å². The molecule has 0 saturated heterocycles. The third kappa shape index (κ3) is 1.66. The molecule has 3 heteroatoms. The summed E-state index contributed by atoms with van der Waals surface area (Å²) in [4.78, 5) is 0. The molecule has 0 aliphatic carbocycles. The average molecular weight is 201 g/mol. The number of benzene rings is 1. The standard InChI is InChI=1S/C12H15N3/c1-9-12(10-6-4-3-5-7-10)11(8-13)14-15(9)2/h3-7H,8,13H2,1-2H3. The Balaban J connectivity index is 2.61. The predicted molar refractivity (Wildman–Crippen MR) is 61.3 cm³/mol. The van der Waals surface area contributed by atoms with Crippen molar-refractivity contribution in [1.29, 1.82) is 0 Å². The van der Waals surface area contributed by atoms with E-state index in [1.807, 2.05) is 29.9 Å². The van der Waals surface area contributed by atoms with Crippen molar-refractivity contribution in [2.24, 2.45) is 12.8 Å². The summed E-state index contributed by atoms with van der Waals surface area (Å²) in [5.41, 5.74) is 10.2. The second-order valence-electron chi connectivity index (χ2n) is 3.60. The van der Waals surface area contributed by atoms with Crippen molar-refractivity contribution in [3.63, 3.8) is 0 Å². The van der Waals surface area contributed by atoms with Crippen LogP contribution in [0.5, 0.6) is 0 Å². The molecule has 3 nitrogen and oxygen atoms in total. The molecule has 0 saturated carbocycles. The van der Waals surface area contributed by atoms with Crippen molar-refractivity contribution in [2.45, 2.75) is 13.5 Å². The van der Waals surface area contributed by atoms with Gasteiger partial charge in [-0.15, -0.1) is 0 Å². The molecule has 2 aromatic rings. The molecule has 0 radical (unpaired) electrons. The van der Waals surface area contributed by atoms with Gasteiger partial charge < -0.3 is 5.73 Å². The maximum Gasteiger partial charge on any atom is 0.0841 e. The first-order chi connectivity index (χ1) is 7.24. The molecule has 0 bridgehead atoms. The molecule has 0 amide bonds. The van der Waals surface area contributed by atoms with Crippen LogP contribution in [-0.4, -0.2) is 9.78 Å². The van der Waals surface area contributed by atoms with Crippen molar-refractivity contribution < 1.29 is 0 Å². The fourth-order valence-electron chi connectivity index (χ4n) is 1.80. The van der Waals surface area contributed by atoms with Gasteiger partial charge in [-0.3, -0.25) is 4.68 Å². The molecule has 1 aromatic carbocycles. The summed E-state index contributed by atoms with van der Waals surface area (Å²) in [5, 5.41) is 4.40. The lowest BCUT2D eigenvalue weighted by atomic mass is 10.0. The summed E-state index contributed by atoms with van der Waals surface area (Å²) in [6, 6.07) is 10.2. The lowest BCUT2D eigenvalue weighted by Crippen LogP contribution is -1.99. The van der Waals surface area contributed by atoms with E-state index in [9.17, 15) is 0 Å². The van der Waals surface area contributed by atoms with Crippen LogP contribution in [0.3, 0.4) is 0 Å². The molecule has 0 spiro atoms. The second kappa shape index (κ2) is 3.87. The largest absolute Gasteiger partial charge is 0.325 e. The first kappa shape index (κ1) is 9.93. The Morgan fingerprint density at radius 3 is 2.53 bits per heavy atom. The van der Waals surface area contributed by atoms with Crippen LogP contribution in [0.25, 0.3) is 11.1 Å². The van der Waals surface area contributed by atoms with Gasteiger partial charge in [0.25, 0.3) is 0 Å². The molecule has 78 valence electrons. The monoisotopic (exact) mass is 201 g/mol. The van der Waals surface area contributed by atoms with Gasteiger partial charge in [0.1, 0.15) is 0 Å². The van der Waals surface area contributed by atoms with Crippen LogP contribution in [0.1, 0.15) is 11.4 Å². The van der Waals surface area contributed by atoms with Gasteiger partial charge in [0.05, 0.1) is 5.69 Å². The van der Waals surface area contributed by atoms with E-state index >= 15 is 0 Å². The van der Waals surface area contributed by atoms with Crippen molar-refractivity contribution in [2.75, 3.05) is 0 Å². The molecular weight excluding hydrogens is 186 g/mol. The number of rotatable bonds is 2. The van der Waals surface area contributed by atoms with Crippen LogP contribution < -0.4 is 5.73 Å². The molecule has 0 aliphatic rings. The highest BCUT2D eigenvalue weighted by Gasteiger charge is 2.12. The number of aryl methyl sites for hydroxylation is 1. The molecule has 0 unspecified atom stereocenters.